The lowest BCUT2D eigenvalue weighted by molar-refractivity contribution is -0.148. The van der Waals surface area contributed by atoms with Gasteiger partial charge in [-0.3, -0.25) is 9.59 Å². The third kappa shape index (κ3) is 3.88. The number of amides is 2. The van der Waals surface area contributed by atoms with Crippen LogP contribution in [0.1, 0.15) is 52.4 Å². The van der Waals surface area contributed by atoms with Crippen LogP contribution in [0.25, 0.3) is 11.3 Å². The number of hydrogen-bond acceptors (Lipinski definition) is 4. The molecule has 2 N–H and O–H groups in total. The van der Waals surface area contributed by atoms with Crippen molar-refractivity contribution in [2.75, 3.05) is 5.32 Å². The van der Waals surface area contributed by atoms with E-state index in [9.17, 15) is 9.59 Å². The predicted molar refractivity (Wildman–Crippen MR) is 118 cm³/mol. The lowest BCUT2D eigenvalue weighted by Gasteiger charge is -2.55. The van der Waals surface area contributed by atoms with Gasteiger partial charge in [0.25, 0.3) is 0 Å². The minimum atomic E-state index is -0.547. The summed E-state index contributed by atoms with van der Waals surface area (Å²) in [5, 5.41) is 6.13. The summed E-state index contributed by atoms with van der Waals surface area (Å²) < 4.78 is 5.31. The fourth-order valence-corrected chi connectivity index (χ4v) is 6.51. The molecule has 0 spiro atoms. The van der Waals surface area contributed by atoms with E-state index >= 15 is 0 Å². The second-order valence-electron chi connectivity index (χ2n) is 10.3. The van der Waals surface area contributed by atoms with Crippen LogP contribution in [-0.4, -0.2) is 22.8 Å². The zero-order chi connectivity index (χ0) is 21.6. The second kappa shape index (κ2) is 7.81. The monoisotopic (exact) mass is 421 g/mol. The summed E-state index contributed by atoms with van der Waals surface area (Å²) in [6.45, 7) is 3.97. The molecule has 31 heavy (non-hydrogen) atoms. The largest absolute Gasteiger partial charge is 0.444 e. The fourth-order valence-electron chi connectivity index (χ4n) is 6.51. The van der Waals surface area contributed by atoms with Crippen LogP contribution >= 0.6 is 0 Å². The summed E-state index contributed by atoms with van der Waals surface area (Å²) in [6, 6.07) is 6.90. The topological polar surface area (TPSA) is 84.2 Å². The van der Waals surface area contributed by atoms with Crippen molar-refractivity contribution in [1.82, 2.24) is 10.3 Å². The first kappa shape index (κ1) is 20.3. The SMILES string of the molecule is CC(C)C(NC(=O)C12CC3CC(CC(C3)C1)C2)C(=O)Nc1ccc(-c2cnco2)cc1. The van der Waals surface area contributed by atoms with Gasteiger partial charge >= 0.3 is 0 Å². The van der Waals surface area contributed by atoms with Gasteiger partial charge in [0.1, 0.15) is 6.04 Å². The summed E-state index contributed by atoms with van der Waals surface area (Å²) in [7, 11) is 0. The van der Waals surface area contributed by atoms with E-state index in [0.717, 1.165) is 24.8 Å². The lowest BCUT2D eigenvalue weighted by atomic mass is 9.49. The fraction of sp³-hybridized carbons (Fsp3) is 0.560. The molecule has 164 valence electrons. The van der Waals surface area contributed by atoms with Crippen LogP contribution in [0.3, 0.4) is 0 Å². The van der Waals surface area contributed by atoms with Gasteiger partial charge in [0.05, 0.1) is 6.20 Å². The molecular formula is C25H31N3O3. The highest BCUT2D eigenvalue weighted by atomic mass is 16.3. The van der Waals surface area contributed by atoms with Gasteiger partial charge in [0.2, 0.25) is 11.8 Å². The van der Waals surface area contributed by atoms with Crippen molar-refractivity contribution < 1.29 is 14.0 Å². The van der Waals surface area contributed by atoms with Crippen molar-refractivity contribution in [3.8, 4) is 11.3 Å². The van der Waals surface area contributed by atoms with Gasteiger partial charge < -0.3 is 15.1 Å². The maximum atomic E-state index is 13.4. The molecule has 1 aromatic carbocycles. The molecule has 1 atom stereocenters. The maximum Gasteiger partial charge on any atom is 0.247 e. The summed E-state index contributed by atoms with van der Waals surface area (Å²) in [5.74, 6) is 2.72. The van der Waals surface area contributed by atoms with Crippen LogP contribution < -0.4 is 10.6 Å². The number of hydrogen-bond donors (Lipinski definition) is 2. The molecule has 4 saturated carbocycles. The average Bonchev–Trinajstić information content (AvgIpc) is 3.26. The van der Waals surface area contributed by atoms with E-state index in [4.69, 9.17) is 4.42 Å². The van der Waals surface area contributed by atoms with Crippen molar-refractivity contribution in [3.05, 3.63) is 36.9 Å². The molecule has 6 nitrogen and oxygen atoms in total. The number of benzene rings is 1. The van der Waals surface area contributed by atoms with Gasteiger partial charge in [0, 0.05) is 16.7 Å². The standard InChI is InChI=1S/C25H31N3O3/c1-15(2)22(23(29)27-20-5-3-19(4-6-20)21-13-26-14-31-21)28-24(30)25-10-16-7-17(11-25)9-18(8-16)12-25/h3-6,13-18,22H,7-12H2,1-2H3,(H,27,29)(H,28,30). The molecule has 0 saturated heterocycles. The van der Waals surface area contributed by atoms with E-state index in [2.05, 4.69) is 15.6 Å². The molecule has 4 aliphatic rings. The highest BCUT2D eigenvalue weighted by Crippen LogP contribution is 2.60. The van der Waals surface area contributed by atoms with Crippen LogP contribution in [0.5, 0.6) is 0 Å². The summed E-state index contributed by atoms with van der Waals surface area (Å²) >= 11 is 0. The van der Waals surface area contributed by atoms with Crippen LogP contribution in [-0.2, 0) is 9.59 Å². The third-order valence-electron chi connectivity index (χ3n) is 7.62. The number of nitrogens with zero attached hydrogens (tertiary/aromatic N) is 1. The van der Waals surface area contributed by atoms with E-state index in [-0.39, 0.29) is 23.1 Å². The molecule has 4 aliphatic carbocycles. The van der Waals surface area contributed by atoms with E-state index in [1.807, 2.05) is 38.1 Å². The van der Waals surface area contributed by atoms with Crippen LogP contribution in [0, 0.1) is 29.1 Å². The summed E-state index contributed by atoms with van der Waals surface area (Å²) in [5.41, 5.74) is 1.34. The van der Waals surface area contributed by atoms with E-state index in [0.29, 0.717) is 29.2 Å². The predicted octanol–water partition coefficient (Wildman–Crippen LogP) is 4.64. The van der Waals surface area contributed by atoms with E-state index < -0.39 is 6.04 Å². The van der Waals surface area contributed by atoms with E-state index in [1.54, 1.807) is 6.20 Å². The van der Waals surface area contributed by atoms with Gasteiger partial charge in [-0.2, -0.15) is 0 Å². The number of rotatable bonds is 6. The molecular weight excluding hydrogens is 390 g/mol. The molecule has 0 aliphatic heterocycles. The van der Waals surface area contributed by atoms with Crippen molar-refractivity contribution in [2.24, 2.45) is 29.1 Å². The molecule has 2 amide bonds. The average molecular weight is 422 g/mol. The molecule has 1 heterocycles. The molecule has 6 heteroatoms. The Morgan fingerprint density at radius 3 is 2.16 bits per heavy atom. The van der Waals surface area contributed by atoms with Gasteiger partial charge in [-0.15, -0.1) is 0 Å². The molecule has 0 radical (unpaired) electrons. The minimum Gasteiger partial charge on any atom is -0.444 e. The van der Waals surface area contributed by atoms with Gasteiger partial charge in [0.15, 0.2) is 12.2 Å². The normalized spacial score (nSPS) is 29.7. The second-order valence-corrected chi connectivity index (χ2v) is 10.3. The summed E-state index contributed by atoms with van der Waals surface area (Å²) in [4.78, 5) is 30.4. The van der Waals surface area contributed by atoms with E-state index in [1.165, 1.54) is 25.7 Å². The number of carbonyl (C=O) groups excluding carboxylic acids is 2. The van der Waals surface area contributed by atoms with Gasteiger partial charge in [-0.05, 0) is 86.5 Å². The summed E-state index contributed by atoms with van der Waals surface area (Å²) in [6.07, 6.45) is 9.94. The zero-order valence-electron chi connectivity index (χ0n) is 18.3. The molecule has 1 unspecified atom stereocenters. The van der Waals surface area contributed by atoms with Crippen molar-refractivity contribution in [2.45, 2.75) is 58.4 Å². The van der Waals surface area contributed by atoms with Crippen LogP contribution in [0.4, 0.5) is 5.69 Å². The number of carbonyl (C=O) groups is 2. The highest BCUT2D eigenvalue weighted by molar-refractivity contribution is 5.98. The first-order chi connectivity index (χ1) is 14.9. The minimum absolute atomic E-state index is 0.00586. The number of anilines is 1. The molecule has 6 rings (SSSR count). The molecule has 1 aromatic heterocycles. The maximum absolute atomic E-state index is 13.4. The molecule has 2 aromatic rings. The zero-order valence-corrected chi connectivity index (χ0v) is 18.3. The van der Waals surface area contributed by atoms with Gasteiger partial charge in [-0.25, -0.2) is 4.98 Å². The lowest BCUT2D eigenvalue weighted by Crippen LogP contribution is -2.57. The molecule has 4 fully saturated rings. The Hall–Kier alpha value is -2.63. The Morgan fingerprint density at radius 1 is 1.03 bits per heavy atom. The number of aromatic nitrogens is 1. The Balaban J connectivity index is 1.26. The molecule has 4 bridgehead atoms. The first-order valence-electron chi connectivity index (χ1n) is 11.5. The van der Waals surface area contributed by atoms with Crippen LogP contribution in [0.2, 0.25) is 0 Å². The third-order valence-corrected chi connectivity index (χ3v) is 7.62. The van der Waals surface area contributed by atoms with Crippen LogP contribution in [0.15, 0.2) is 41.3 Å². The quantitative estimate of drug-likeness (QED) is 0.712. The van der Waals surface area contributed by atoms with Crippen molar-refractivity contribution in [3.63, 3.8) is 0 Å². The Labute approximate surface area is 183 Å². The van der Waals surface area contributed by atoms with Gasteiger partial charge in [-0.1, -0.05) is 13.8 Å². The smallest absolute Gasteiger partial charge is 0.247 e. The van der Waals surface area contributed by atoms with Crippen molar-refractivity contribution in [1.29, 1.82) is 0 Å². The highest BCUT2D eigenvalue weighted by Gasteiger charge is 2.55. The number of oxazole rings is 1. The Morgan fingerprint density at radius 2 is 1.65 bits per heavy atom. The number of nitrogens with one attached hydrogen (secondary N) is 2. The first-order valence-corrected chi connectivity index (χ1v) is 11.5. The van der Waals surface area contributed by atoms with Crippen molar-refractivity contribution >= 4 is 17.5 Å². The Kier molecular flexibility index (Phi) is 5.11. The Bertz CT molecular complexity index is 914.